The molecule has 0 amide bonds. The Morgan fingerprint density at radius 3 is 1.40 bits per heavy atom. The van der Waals surface area contributed by atoms with Gasteiger partial charge in [0.25, 0.3) is 0 Å². The highest BCUT2D eigenvalue weighted by atomic mass is 79.9. The number of rotatable bonds is 3. The van der Waals surface area contributed by atoms with Crippen LogP contribution in [0.4, 0.5) is 8.78 Å². The summed E-state index contributed by atoms with van der Waals surface area (Å²) in [5.74, 6) is -0.714. The van der Waals surface area contributed by atoms with Gasteiger partial charge in [-0.3, -0.25) is 0 Å². The molecule has 0 aromatic heterocycles. The predicted molar refractivity (Wildman–Crippen MR) is 82.1 cm³/mol. The molecule has 0 saturated carbocycles. The SMILES string of the molecule is NC(c1ccc(F)cc1Br)C(N)c1ccc(F)cc1Br. The van der Waals surface area contributed by atoms with Crippen molar-refractivity contribution in [2.24, 2.45) is 11.5 Å². The molecule has 6 heteroatoms. The van der Waals surface area contributed by atoms with E-state index >= 15 is 0 Å². The van der Waals surface area contributed by atoms with Gasteiger partial charge in [-0.2, -0.15) is 0 Å². The minimum absolute atomic E-state index is 0.357. The molecule has 2 atom stereocenters. The molecule has 0 aliphatic heterocycles. The second kappa shape index (κ2) is 6.30. The molecule has 0 fully saturated rings. The minimum atomic E-state index is -0.549. The first-order valence-electron chi connectivity index (χ1n) is 5.81. The molecule has 0 saturated heterocycles. The van der Waals surface area contributed by atoms with E-state index in [9.17, 15) is 8.78 Å². The maximum atomic E-state index is 13.1. The lowest BCUT2D eigenvalue weighted by molar-refractivity contribution is 0.563. The van der Waals surface area contributed by atoms with Gasteiger partial charge in [-0.15, -0.1) is 0 Å². The van der Waals surface area contributed by atoms with E-state index in [1.807, 2.05) is 0 Å². The van der Waals surface area contributed by atoms with Crippen molar-refractivity contribution >= 4 is 31.9 Å². The fourth-order valence-electron chi connectivity index (χ4n) is 1.93. The van der Waals surface area contributed by atoms with Crippen molar-refractivity contribution < 1.29 is 8.78 Å². The summed E-state index contributed by atoms with van der Waals surface area (Å²) in [5, 5.41) is 0. The molecule has 0 aliphatic rings. The molecule has 106 valence electrons. The standard InChI is InChI=1S/C14H12Br2F2N2/c15-11-5-7(17)1-3-9(11)13(19)14(20)10-4-2-8(18)6-12(10)16/h1-6,13-14H,19-20H2. The summed E-state index contributed by atoms with van der Waals surface area (Å²) in [6.07, 6.45) is 0. The van der Waals surface area contributed by atoms with Crippen LogP contribution in [0.15, 0.2) is 45.3 Å². The largest absolute Gasteiger partial charge is 0.322 e. The van der Waals surface area contributed by atoms with Crippen molar-refractivity contribution in [2.75, 3.05) is 0 Å². The maximum absolute atomic E-state index is 13.1. The van der Waals surface area contributed by atoms with Crippen LogP contribution >= 0.6 is 31.9 Å². The Labute approximate surface area is 132 Å². The first-order valence-corrected chi connectivity index (χ1v) is 7.40. The van der Waals surface area contributed by atoms with Crippen LogP contribution in [-0.2, 0) is 0 Å². The molecule has 0 spiro atoms. The predicted octanol–water partition coefficient (Wildman–Crippen LogP) is 4.19. The van der Waals surface area contributed by atoms with E-state index in [1.54, 1.807) is 12.1 Å². The summed E-state index contributed by atoms with van der Waals surface area (Å²) in [5.41, 5.74) is 13.7. The topological polar surface area (TPSA) is 52.0 Å². The average molecular weight is 406 g/mol. The molecule has 2 aromatic carbocycles. The molecule has 2 rings (SSSR count). The van der Waals surface area contributed by atoms with Crippen LogP contribution in [0.5, 0.6) is 0 Å². The van der Waals surface area contributed by atoms with Crippen molar-refractivity contribution in [2.45, 2.75) is 12.1 Å². The first-order chi connectivity index (χ1) is 9.40. The van der Waals surface area contributed by atoms with E-state index < -0.39 is 12.1 Å². The van der Waals surface area contributed by atoms with Gasteiger partial charge in [0.15, 0.2) is 0 Å². The van der Waals surface area contributed by atoms with Gasteiger partial charge in [0, 0.05) is 8.95 Å². The van der Waals surface area contributed by atoms with Gasteiger partial charge in [-0.1, -0.05) is 44.0 Å². The smallest absolute Gasteiger partial charge is 0.124 e. The highest BCUT2D eigenvalue weighted by Gasteiger charge is 2.21. The first kappa shape index (κ1) is 15.6. The molecule has 20 heavy (non-hydrogen) atoms. The number of nitrogens with two attached hydrogens (primary N) is 2. The van der Waals surface area contributed by atoms with Gasteiger partial charge >= 0.3 is 0 Å². The fourth-order valence-corrected chi connectivity index (χ4v) is 3.16. The summed E-state index contributed by atoms with van der Waals surface area (Å²) in [7, 11) is 0. The molecule has 4 N–H and O–H groups in total. The zero-order chi connectivity index (χ0) is 14.9. The zero-order valence-electron chi connectivity index (χ0n) is 10.3. The highest BCUT2D eigenvalue weighted by Crippen LogP contribution is 2.33. The van der Waals surface area contributed by atoms with Gasteiger partial charge in [-0.25, -0.2) is 8.78 Å². The van der Waals surface area contributed by atoms with E-state index in [2.05, 4.69) is 31.9 Å². The average Bonchev–Trinajstić information content (AvgIpc) is 2.37. The van der Waals surface area contributed by atoms with Crippen LogP contribution in [0.2, 0.25) is 0 Å². The summed E-state index contributed by atoms with van der Waals surface area (Å²) in [4.78, 5) is 0. The number of benzene rings is 2. The van der Waals surface area contributed by atoms with Gasteiger partial charge in [0.1, 0.15) is 11.6 Å². The molecule has 2 unspecified atom stereocenters. The van der Waals surface area contributed by atoms with E-state index in [4.69, 9.17) is 11.5 Å². The Morgan fingerprint density at radius 2 is 1.10 bits per heavy atom. The van der Waals surface area contributed by atoms with Crippen molar-refractivity contribution in [1.82, 2.24) is 0 Å². The van der Waals surface area contributed by atoms with Crippen LogP contribution in [0.1, 0.15) is 23.2 Å². The Hall–Kier alpha value is -0.820. The van der Waals surface area contributed by atoms with E-state index in [0.29, 0.717) is 20.1 Å². The van der Waals surface area contributed by atoms with Crippen LogP contribution in [-0.4, -0.2) is 0 Å². The molecule has 0 bridgehead atoms. The van der Waals surface area contributed by atoms with Gasteiger partial charge in [0.2, 0.25) is 0 Å². The van der Waals surface area contributed by atoms with Crippen LogP contribution in [0.25, 0.3) is 0 Å². The van der Waals surface area contributed by atoms with Crippen molar-refractivity contribution in [1.29, 1.82) is 0 Å². The lowest BCUT2D eigenvalue weighted by atomic mass is 9.95. The highest BCUT2D eigenvalue weighted by molar-refractivity contribution is 9.10. The second-order valence-corrected chi connectivity index (χ2v) is 6.09. The maximum Gasteiger partial charge on any atom is 0.124 e. The number of hydrogen-bond donors (Lipinski definition) is 2. The van der Waals surface area contributed by atoms with E-state index in [0.717, 1.165) is 0 Å². The third-order valence-corrected chi connectivity index (χ3v) is 4.40. The molecule has 0 heterocycles. The number of halogens is 4. The molecule has 2 aromatic rings. The third-order valence-electron chi connectivity index (χ3n) is 3.03. The van der Waals surface area contributed by atoms with Gasteiger partial charge in [-0.05, 0) is 35.4 Å². The Bertz CT molecular complexity index is 579. The summed E-state index contributed by atoms with van der Waals surface area (Å²) in [6, 6.07) is 7.39. The van der Waals surface area contributed by atoms with Crippen LogP contribution in [0, 0.1) is 11.6 Å². The molecule has 2 nitrogen and oxygen atoms in total. The van der Waals surface area contributed by atoms with E-state index in [1.165, 1.54) is 24.3 Å². The summed E-state index contributed by atoms with van der Waals surface area (Å²) < 4.78 is 27.3. The quantitative estimate of drug-likeness (QED) is 0.804. The summed E-state index contributed by atoms with van der Waals surface area (Å²) >= 11 is 6.54. The monoisotopic (exact) mass is 404 g/mol. The molecular weight excluding hydrogens is 394 g/mol. The fraction of sp³-hybridized carbons (Fsp3) is 0.143. The lowest BCUT2D eigenvalue weighted by Gasteiger charge is -2.23. The third kappa shape index (κ3) is 3.25. The zero-order valence-corrected chi connectivity index (χ0v) is 13.5. The molecule has 0 radical (unpaired) electrons. The minimum Gasteiger partial charge on any atom is -0.322 e. The van der Waals surface area contributed by atoms with Crippen LogP contribution < -0.4 is 11.5 Å². The van der Waals surface area contributed by atoms with Crippen molar-refractivity contribution in [3.05, 3.63) is 68.1 Å². The van der Waals surface area contributed by atoms with Crippen molar-refractivity contribution in [3.8, 4) is 0 Å². The normalized spacial score (nSPS) is 14.1. The molecular formula is C14H12Br2F2N2. The number of hydrogen-bond acceptors (Lipinski definition) is 2. The molecule has 0 aliphatic carbocycles. The van der Waals surface area contributed by atoms with E-state index in [-0.39, 0.29) is 11.6 Å². The Balaban J connectivity index is 2.34. The second-order valence-electron chi connectivity index (χ2n) is 4.38. The van der Waals surface area contributed by atoms with Gasteiger partial charge < -0.3 is 11.5 Å². The Morgan fingerprint density at radius 1 is 0.750 bits per heavy atom. The lowest BCUT2D eigenvalue weighted by Crippen LogP contribution is -2.27. The van der Waals surface area contributed by atoms with Gasteiger partial charge in [0.05, 0.1) is 12.1 Å². The Kier molecular flexibility index (Phi) is 4.90. The van der Waals surface area contributed by atoms with Crippen molar-refractivity contribution in [3.63, 3.8) is 0 Å². The summed E-state index contributed by atoms with van der Waals surface area (Å²) in [6.45, 7) is 0. The van der Waals surface area contributed by atoms with Crippen LogP contribution in [0.3, 0.4) is 0 Å².